The van der Waals surface area contributed by atoms with Crippen molar-refractivity contribution in [2.75, 3.05) is 5.32 Å². The van der Waals surface area contributed by atoms with E-state index in [9.17, 15) is 9.18 Å². The quantitative estimate of drug-likeness (QED) is 0.470. The molecule has 1 aliphatic carbocycles. The number of carbonyl (C=O) groups is 1. The molecule has 0 spiro atoms. The lowest BCUT2D eigenvalue weighted by Gasteiger charge is -2.38. The van der Waals surface area contributed by atoms with Gasteiger partial charge in [0.05, 0.1) is 5.54 Å². The number of hydrogen-bond acceptors (Lipinski definition) is 5. The van der Waals surface area contributed by atoms with E-state index in [0.717, 1.165) is 37.7 Å². The van der Waals surface area contributed by atoms with Crippen LogP contribution in [-0.2, 0) is 5.54 Å². The standard InChI is InChI=1S/C20H20FN3O3/c21-15-6-4-5-14(12-15)20(9-2-1-3-10-20)23-19-22-16-11-13(18(25)24-26)7-8-17(16)27-19/h4-8,11-12,26H,1-3,9-10H2,(H,22,23)(H,24,25). The average Bonchev–Trinajstić information content (AvgIpc) is 3.09. The topological polar surface area (TPSA) is 87.4 Å². The third-order valence-corrected chi connectivity index (χ3v) is 5.18. The zero-order valence-corrected chi connectivity index (χ0v) is 14.7. The zero-order chi connectivity index (χ0) is 18.9. The Morgan fingerprint density at radius 2 is 1.96 bits per heavy atom. The number of carbonyl (C=O) groups excluding carboxylic acids is 1. The third kappa shape index (κ3) is 3.38. The van der Waals surface area contributed by atoms with Crippen LogP contribution in [0.4, 0.5) is 10.4 Å². The molecule has 1 amide bonds. The summed E-state index contributed by atoms with van der Waals surface area (Å²) in [6.07, 6.45) is 4.92. The predicted molar refractivity (Wildman–Crippen MR) is 98.0 cm³/mol. The Morgan fingerprint density at radius 1 is 1.15 bits per heavy atom. The Labute approximate surface area is 155 Å². The van der Waals surface area contributed by atoms with Crippen LogP contribution in [0, 0.1) is 5.82 Å². The van der Waals surface area contributed by atoms with Crippen LogP contribution in [0.1, 0.15) is 48.0 Å². The third-order valence-electron chi connectivity index (χ3n) is 5.18. The van der Waals surface area contributed by atoms with Gasteiger partial charge < -0.3 is 9.73 Å². The van der Waals surface area contributed by atoms with Crippen molar-refractivity contribution >= 4 is 23.0 Å². The smallest absolute Gasteiger partial charge is 0.296 e. The van der Waals surface area contributed by atoms with Gasteiger partial charge in [0.15, 0.2) is 5.58 Å². The van der Waals surface area contributed by atoms with E-state index in [-0.39, 0.29) is 11.4 Å². The van der Waals surface area contributed by atoms with Crippen LogP contribution in [0.25, 0.3) is 11.1 Å². The highest BCUT2D eigenvalue weighted by molar-refractivity contribution is 5.96. The summed E-state index contributed by atoms with van der Waals surface area (Å²) >= 11 is 0. The monoisotopic (exact) mass is 369 g/mol. The first-order valence-electron chi connectivity index (χ1n) is 8.99. The van der Waals surface area contributed by atoms with Crippen LogP contribution in [0.5, 0.6) is 0 Å². The van der Waals surface area contributed by atoms with Gasteiger partial charge in [-0.05, 0) is 48.7 Å². The number of nitrogens with zero attached hydrogens (tertiary/aromatic N) is 1. The summed E-state index contributed by atoms with van der Waals surface area (Å²) in [5.41, 5.74) is 3.35. The normalized spacial score (nSPS) is 16.2. The van der Waals surface area contributed by atoms with Gasteiger partial charge in [0.2, 0.25) is 0 Å². The van der Waals surface area contributed by atoms with E-state index in [1.54, 1.807) is 35.8 Å². The molecule has 0 unspecified atom stereocenters. The second-order valence-corrected chi connectivity index (χ2v) is 6.92. The number of amides is 1. The molecule has 140 valence electrons. The summed E-state index contributed by atoms with van der Waals surface area (Å²) in [7, 11) is 0. The molecule has 0 radical (unpaired) electrons. The van der Waals surface area contributed by atoms with Gasteiger partial charge in [-0.1, -0.05) is 31.4 Å². The Bertz CT molecular complexity index is 980. The fourth-order valence-corrected chi connectivity index (χ4v) is 3.82. The van der Waals surface area contributed by atoms with Gasteiger partial charge in [0, 0.05) is 5.56 Å². The summed E-state index contributed by atoms with van der Waals surface area (Å²) in [5, 5.41) is 12.2. The van der Waals surface area contributed by atoms with Crippen molar-refractivity contribution in [2.45, 2.75) is 37.6 Å². The molecule has 1 aromatic heterocycles. The molecule has 1 aliphatic rings. The van der Waals surface area contributed by atoms with Crippen molar-refractivity contribution in [3.05, 3.63) is 59.4 Å². The van der Waals surface area contributed by atoms with Crippen molar-refractivity contribution in [1.82, 2.24) is 10.5 Å². The molecule has 7 heteroatoms. The number of hydrogen-bond donors (Lipinski definition) is 3. The molecule has 0 saturated heterocycles. The number of benzene rings is 2. The van der Waals surface area contributed by atoms with Gasteiger partial charge in [-0.2, -0.15) is 4.98 Å². The van der Waals surface area contributed by atoms with Gasteiger partial charge >= 0.3 is 0 Å². The number of halogens is 1. The molecule has 0 bridgehead atoms. The maximum Gasteiger partial charge on any atom is 0.296 e. The lowest BCUT2D eigenvalue weighted by Crippen LogP contribution is -2.37. The molecular formula is C20H20FN3O3. The van der Waals surface area contributed by atoms with Crippen LogP contribution >= 0.6 is 0 Å². The summed E-state index contributed by atoms with van der Waals surface area (Å²) in [4.78, 5) is 16.0. The van der Waals surface area contributed by atoms with Gasteiger partial charge in [-0.15, -0.1) is 0 Å². The van der Waals surface area contributed by atoms with Crippen LogP contribution < -0.4 is 10.8 Å². The molecule has 4 rings (SSSR count). The first kappa shape index (κ1) is 17.5. The highest BCUT2D eigenvalue weighted by Gasteiger charge is 2.35. The number of nitrogens with one attached hydrogen (secondary N) is 2. The number of hydroxylamine groups is 1. The first-order chi connectivity index (χ1) is 13.1. The van der Waals surface area contributed by atoms with Gasteiger partial charge in [0.1, 0.15) is 11.3 Å². The van der Waals surface area contributed by atoms with Crippen LogP contribution in [-0.4, -0.2) is 16.1 Å². The minimum Gasteiger partial charge on any atom is -0.424 e. The minimum absolute atomic E-state index is 0.267. The molecule has 0 aliphatic heterocycles. The van der Waals surface area contributed by atoms with Crippen molar-refractivity contribution in [3.8, 4) is 0 Å². The Morgan fingerprint density at radius 3 is 2.70 bits per heavy atom. The number of aromatic nitrogens is 1. The molecule has 0 atom stereocenters. The average molecular weight is 369 g/mol. The lowest BCUT2D eigenvalue weighted by molar-refractivity contribution is 0.0706. The fraction of sp³-hybridized carbons (Fsp3) is 0.300. The van der Waals surface area contributed by atoms with E-state index in [2.05, 4.69) is 10.3 Å². The number of rotatable bonds is 4. The molecule has 6 nitrogen and oxygen atoms in total. The molecule has 1 saturated carbocycles. The lowest BCUT2D eigenvalue weighted by atomic mass is 9.76. The SMILES string of the molecule is O=C(NO)c1ccc2oc(NC3(c4cccc(F)c4)CCCCC3)nc2c1. The van der Waals surface area contributed by atoms with Crippen molar-refractivity contribution in [2.24, 2.45) is 0 Å². The van der Waals surface area contributed by atoms with Crippen LogP contribution in [0.3, 0.4) is 0 Å². The van der Waals surface area contributed by atoms with Gasteiger partial charge in [-0.3, -0.25) is 10.0 Å². The van der Waals surface area contributed by atoms with Crippen molar-refractivity contribution in [1.29, 1.82) is 0 Å². The van der Waals surface area contributed by atoms with Crippen molar-refractivity contribution < 1.29 is 18.8 Å². The van der Waals surface area contributed by atoms with Gasteiger partial charge in [0.25, 0.3) is 11.9 Å². The van der Waals surface area contributed by atoms with E-state index in [4.69, 9.17) is 9.62 Å². The Hall–Kier alpha value is -2.93. The molecule has 2 aromatic carbocycles. The highest BCUT2D eigenvalue weighted by atomic mass is 19.1. The minimum atomic E-state index is -0.613. The second kappa shape index (κ2) is 7.00. The Balaban J connectivity index is 1.70. The summed E-state index contributed by atoms with van der Waals surface area (Å²) in [6, 6.07) is 11.7. The van der Waals surface area contributed by atoms with E-state index in [1.807, 2.05) is 6.07 Å². The largest absolute Gasteiger partial charge is 0.424 e. The molecular weight excluding hydrogens is 349 g/mol. The summed E-state index contributed by atoms with van der Waals surface area (Å²) in [6.45, 7) is 0. The van der Waals surface area contributed by atoms with E-state index >= 15 is 0 Å². The fourth-order valence-electron chi connectivity index (χ4n) is 3.82. The molecule has 3 N–H and O–H groups in total. The van der Waals surface area contributed by atoms with Crippen LogP contribution in [0.2, 0.25) is 0 Å². The van der Waals surface area contributed by atoms with E-state index in [0.29, 0.717) is 17.1 Å². The zero-order valence-electron chi connectivity index (χ0n) is 14.7. The maximum absolute atomic E-state index is 13.8. The Kier molecular flexibility index (Phi) is 4.53. The molecule has 1 heterocycles. The molecule has 3 aromatic rings. The molecule has 27 heavy (non-hydrogen) atoms. The van der Waals surface area contributed by atoms with Crippen LogP contribution in [0.15, 0.2) is 46.9 Å². The highest BCUT2D eigenvalue weighted by Crippen LogP contribution is 2.40. The summed E-state index contributed by atoms with van der Waals surface area (Å²) < 4.78 is 19.6. The second-order valence-electron chi connectivity index (χ2n) is 6.92. The summed E-state index contributed by atoms with van der Waals surface area (Å²) in [5.74, 6) is -0.880. The van der Waals surface area contributed by atoms with E-state index < -0.39 is 11.4 Å². The van der Waals surface area contributed by atoms with E-state index in [1.165, 1.54) is 6.07 Å². The van der Waals surface area contributed by atoms with Crippen molar-refractivity contribution in [3.63, 3.8) is 0 Å². The maximum atomic E-state index is 13.8. The number of oxazole rings is 1. The first-order valence-corrected chi connectivity index (χ1v) is 8.99. The number of anilines is 1. The predicted octanol–water partition coefficient (Wildman–Crippen LogP) is 4.36. The number of fused-ring (bicyclic) bond motifs is 1. The molecule has 1 fully saturated rings. The van der Waals surface area contributed by atoms with Gasteiger partial charge in [-0.25, -0.2) is 9.87 Å².